The van der Waals surface area contributed by atoms with Crippen LogP contribution in [0, 0.1) is 0 Å². The molecular weight excluding hydrogens is 218 g/mol. The number of rotatable bonds is 12. The van der Waals surface area contributed by atoms with Gasteiger partial charge in [0.25, 0.3) is 0 Å². The number of unbranched alkanes of at least 4 members (excludes halogenated alkanes) is 3. The van der Waals surface area contributed by atoms with Crippen molar-refractivity contribution in [1.82, 2.24) is 16.0 Å². The minimum absolute atomic E-state index is 0.142. The van der Waals surface area contributed by atoms with Crippen molar-refractivity contribution < 1.29 is 9.59 Å². The fourth-order valence-electron chi connectivity index (χ4n) is 1.51. The third-order valence-corrected chi connectivity index (χ3v) is 2.48. The molecule has 0 aromatic heterocycles. The molecule has 2 amide bonds. The lowest BCUT2D eigenvalue weighted by atomic mass is 10.2. The maximum Gasteiger partial charge on any atom is 0.220 e. The van der Waals surface area contributed by atoms with Gasteiger partial charge >= 0.3 is 0 Å². The molecular formula is C12H25N3O2. The summed E-state index contributed by atoms with van der Waals surface area (Å²) in [5.74, 6) is 0.142. The quantitative estimate of drug-likeness (QED) is 0.343. The van der Waals surface area contributed by atoms with Crippen LogP contribution in [0.15, 0.2) is 0 Å². The third-order valence-electron chi connectivity index (χ3n) is 2.48. The van der Waals surface area contributed by atoms with Crippen LogP contribution in [0.5, 0.6) is 0 Å². The first-order valence-corrected chi connectivity index (χ1v) is 6.39. The molecule has 0 unspecified atom stereocenters. The van der Waals surface area contributed by atoms with Crippen LogP contribution in [0.3, 0.4) is 0 Å². The highest BCUT2D eigenvalue weighted by Gasteiger charge is 1.99. The van der Waals surface area contributed by atoms with E-state index in [1.165, 1.54) is 0 Å². The maximum absolute atomic E-state index is 11.3. The molecule has 0 aromatic carbocycles. The van der Waals surface area contributed by atoms with E-state index in [1.807, 2.05) is 7.05 Å². The molecule has 0 aliphatic rings. The first kappa shape index (κ1) is 15.9. The average molecular weight is 243 g/mol. The second-order valence-electron chi connectivity index (χ2n) is 4.04. The number of carbonyl (C=O) groups is 2. The Morgan fingerprint density at radius 1 is 1.00 bits per heavy atom. The Hall–Kier alpha value is -1.10. The normalized spacial score (nSPS) is 9.94. The van der Waals surface area contributed by atoms with Gasteiger partial charge in [0.2, 0.25) is 12.3 Å². The molecule has 3 N–H and O–H groups in total. The lowest BCUT2D eigenvalue weighted by Gasteiger charge is -2.05. The van der Waals surface area contributed by atoms with Crippen molar-refractivity contribution in [3.8, 4) is 0 Å². The summed E-state index contributed by atoms with van der Waals surface area (Å²) >= 11 is 0. The van der Waals surface area contributed by atoms with Gasteiger partial charge in [0.1, 0.15) is 0 Å². The molecule has 100 valence electrons. The topological polar surface area (TPSA) is 70.2 Å². The number of amides is 2. The summed E-state index contributed by atoms with van der Waals surface area (Å²) in [7, 11) is 1.89. The van der Waals surface area contributed by atoms with E-state index in [1.54, 1.807) is 0 Å². The van der Waals surface area contributed by atoms with Crippen LogP contribution in [0.2, 0.25) is 0 Å². The largest absolute Gasteiger partial charge is 0.359 e. The summed E-state index contributed by atoms with van der Waals surface area (Å²) in [4.78, 5) is 21.3. The predicted octanol–water partition coefficient (Wildman–Crippen LogP) is 0.409. The molecule has 0 aliphatic heterocycles. The second-order valence-corrected chi connectivity index (χ2v) is 4.04. The average Bonchev–Trinajstić information content (AvgIpc) is 2.33. The van der Waals surface area contributed by atoms with Crippen molar-refractivity contribution in [2.45, 2.75) is 38.5 Å². The van der Waals surface area contributed by atoms with Crippen LogP contribution in [0.4, 0.5) is 0 Å². The number of carbonyl (C=O) groups excluding carboxylic acids is 2. The van der Waals surface area contributed by atoms with E-state index in [-0.39, 0.29) is 5.91 Å². The van der Waals surface area contributed by atoms with Gasteiger partial charge in [-0.3, -0.25) is 9.59 Å². The number of nitrogens with one attached hydrogen (secondary N) is 3. The van der Waals surface area contributed by atoms with E-state index in [0.717, 1.165) is 58.1 Å². The van der Waals surface area contributed by atoms with Crippen LogP contribution in [-0.2, 0) is 9.59 Å². The first-order valence-electron chi connectivity index (χ1n) is 6.39. The summed E-state index contributed by atoms with van der Waals surface area (Å²) in [6, 6.07) is 0. The summed E-state index contributed by atoms with van der Waals surface area (Å²) in [5.41, 5.74) is 0. The van der Waals surface area contributed by atoms with Gasteiger partial charge in [-0.05, 0) is 32.9 Å². The van der Waals surface area contributed by atoms with Crippen LogP contribution < -0.4 is 16.0 Å². The van der Waals surface area contributed by atoms with Crippen molar-refractivity contribution in [1.29, 1.82) is 0 Å². The van der Waals surface area contributed by atoms with E-state index in [2.05, 4.69) is 16.0 Å². The Morgan fingerprint density at radius 3 is 2.35 bits per heavy atom. The molecule has 5 heteroatoms. The van der Waals surface area contributed by atoms with Crippen LogP contribution >= 0.6 is 0 Å². The SMILES string of the molecule is CNCCCC(=O)NCCCCCCNC=O. The molecule has 0 radical (unpaired) electrons. The molecule has 5 nitrogen and oxygen atoms in total. The summed E-state index contributed by atoms with van der Waals surface area (Å²) in [6.07, 6.45) is 6.43. The molecule has 0 atom stereocenters. The highest BCUT2D eigenvalue weighted by atomic mass is 16.1. The Balaban J connectivity index is 3.11. The van der Waals surface area contributed by atoms with Crippen LogP contribution in [0.1, 0.15) is 38.5 Å². The Morgan fingerprint density at radius 2 is 1.71 bits per heavy atom. The molecule has 0 aliphatic carbocycles. The lowest BCUT2D eigenvalue weighted by molar-refractivity contribution is -0.121. The summed E-state index contributed by atoms with van der Waals surface area (Å²) in [5, 5.41) is 8.55. The van der Waals surface area contributed by atoms with Crippen molar-refractivity contribution in [3.05, 3.63) is 0 Å². The lowest BCUT2D eigenvalue weighted by Crippen LogP contribution is -2.25. The van der Waals surface area contributed by atoms with Crippen LogP contribution in [-0.4, -0.2) is 39.0 Å². The monoisotopic (exact) mass is 243 g/mol. The minimum atomic E-state index is 0.142. The van der Waals surface area contributed by atoms with E-state index in [0.29, 0.717) is 6.42 Å². The predicted molar refractivity (Wildman–Crippen MR) is 68.7 cm³/mol. The molecule has 0 spiro atoms. The molecule has 0 aromatic rings. The van der Waals surface area contributed by atoms with Gasteiger partial charge in [-0.1, -0.05) is 12.8 Å². The van der Waals surface area contributed by atoms with E-state index in [4.69, 9.17) is 0 Å². The first-order chi connectivity index (χ1) is 8.31. The standard InChI is InChI=1S/C12H25N3O2/c1-13-8-6-7-12(17)15-10-5-3-2-4-9-14-11-16/h11,13H,2-10H2,1H3,(H,14,16)(H,15,17). The number of hydrogen-bond donors (Lipinski definition) is 3. The second kappa shape index (κ2) is 13.0. The summed E-state index contributed by atoms with van der Waals surface area (Å²) < 4.78 is 0. The van der Waals surface area contributed by atoms with Crippen molar-refractivity contribution >= 4 is 12.3 Å². The van der Waals surface area contributed by atoms with Gasteiger partial charge in [0.05, 0.1) is 0 Å². The molecule has 0 heterocycles. The molecule has 0 saturated heterocycles. The summed E-state index contributed by atoms with van der Waals surface area (Å²) in [6.45, 7) is 2.40. The maximum atomic E-state index is 11.3. The van der Waals surface area contributed by atoms with Gasteiger partial charge in [0.15, 0.2) is 0 Å². The minimum Gasteiger partial charge on any atom is -0.359 e. The zero-order valence-corrected chi connectivity index (χ0v) is 10.8. The fourth-order valence-corrected chi connectivity index (χ4v) is 1.51. The van der Waals surface area contributed by atoms with Crippen molar-refractivity contribution in [2.24, 2.45) is 0 Å². The number of hydrogen-bond acceptors (Lipinski definition) is 3. The van der Waals surface area contributed by atoms with E-state index >= 15 is 0 Å². The smallest absolute Gasteiger partial charge is 0.220 e. The van der Waals surface area contributed by atoms with Gasteiger partial charge in [-0.25, -0.2) is 0 Å². The van der Waals surface area contributed by atoms with Gasteiger partial charge < -0.3 is 16.0 Å². The molecule has 0 saturated carbocycles. The third kappa shape index (κ3) is 12.8. The van der Waals surface area contributed by atoms with Crippen molar-refractivity contribution in [3.63, 3.8) is 0 Å². The van der Waals surface area contributed by atoms with Gasteiger partial charge in [0, 0.05) is 19.5 Å². The molecule has 0 fully saturated rings. The van der Waals surface area contributed by atoms with Crippen LogP contribution in [0.25, 0.3) is 0 Å². The highest BCUT2D eigenvalue weighted by Crippen LogP contribution is 1.97. The zero-order valence-electron chi connectivity index (χ0n) is 10.8. The fraction of sp³-hybridized carbons (Fsp3) is 0.833. The molecule has 17 heavy (non-hydrogen) atoms. The van der Waals surface area contributed by atoms with E-state index in [9.17, 15) is 9.59 Å². The Bertz CT molecular complexity index is 198. The van der Waals surface area contributed by atoms with Crippen molar-refractivity contribution in [2.75, 3.05) is 26.7 Å². The highest BCUT2D eigenvalue weighted by molar-refractivity contribution is 5.75. The molecule has 0 rings (SSSR count). The van der Waals surface area contributed by atoms with Gasteiger partial charge in [-0.2, -0.15) is 0 Å². The zero-order chi connectivity index (χ0) is 12.8. The Kier molecular flexibility index (Phi) is 12.1. The van der Waals surface area contributed by atoms with E-state index < -0.39 is 0 Å². The van der Waals surface area contributed by atoms with Gasteiger partial charge in [-0.15, -0.1) is 0 Å². The molecule has 0 bridgehead atoms. The Labute approximate surface area is 104 Å².